The van der Waals surface area contributed by atoms with E-state index >= 15 is 0 Å². The van der Waals surface area contributed by atoms with Gasteiger partial charge in [0.05, 0.1) is 26.3 Å². The molecule has 1 atom stereocenters. The molecule has 1 unspecified atom stereocenters. The maximum absolute atomic E-state index is 12.3. The Bertz CT molecular complexity index is 766. The quantitative estimate of drug-likeness (QED) is 0.588. The zero-order valence-electron chi connectivity index (χ0n) is 18.4. The molecule has 2 aliphatic rings. The van der Waals surface area contributed by atoms with Crippen LogP contribution in [0.1, 0.15) is 33.3 Å². The molecule has 0 saturated carbocycles. The number of ether oxygens (including phenoxy) is 3. The molecule has 2 heterocycles. The molecule has 0 aliphatic carbocycles. The highest BCUT2D eigenvalue weighted by Crippen LogP contribution is 2.28. The lowest BCUT2D eigenvalue weighted by atomic mass is 10.2. The van der Waals surface area contributed by atoms with Crippen molar-refractivity contribution in [3.8, 4) is 11.5 Å². The summed E-state index contributed by atoms with van der Waals surface area (Å²) in [6.45, 7) is 11.5. The summed E-state index contributed by atoms with van der Waals surface area (Å²) in [5.74, 6) is 2.35. The number of nitrogens with one attached hydrogen (secondary N) is 1. The summed E-state index contributed by atoms with van der Waals surface area (Å²) in [4.78, 5) is 21.0. The summed E-state index contributed by atoms with van der Waals surface area (Å²) in [5.41, 5.74) is 0.607. The number of carbonyl (C=O) groups excluding carboxylic acids is 1. The molecule has 1 saturated heterocycles. The van der Waals surface area contributed by atoms with Crippen molar-refractivity contribution in [3.05, 3.63) is 23.8 Å². The lowest BCUT2D eigenvalue weighted by Gasteiger charge is -2.39. The van der Waals surface area contributed by atoms with Crippen molar-refractivity contribution >= 4 is 36.0 Å². The minimum absolute atomic E-state index is 0. The van der Waals surface area contributed by atoms with Gasteiger partial charge in [-0.1, -0.05) is 6.07 Å². The van der Waals surface area contributed by atoms with Crippen molar-refractivity contribution in [2.45, 2.75) is 45.9 Å². The topological polar surface area (TPSA) is 75.6 Å². The summed E-state index contributed by atoms with van der Waals surface area (Å²) in [5, 5.41) is 3.43. The molecule has 0 bridgehead atoms. The van der Waals surface area contributed by atoms with Gasteiger partial charge in [-0.15, -0.1) is 24.0 Å². The number of methoxy groups -OCH3 is 1. The molecular weight excluding hydrogens is 499 g/mol. The van der Waals surface area contributed by atoms with Crippen LogP contribution in [0, 0.1) is 0 Å². The van der Waals surface area contributed by atoms with Crippen molar-refractivity contribution in [2.24, 2.45) is 4.99 Å². The predicted molar refractivity (Wildman–Crippen MR) is 127 cm³/mol. The van der Waals surface area contributed by atoms with Gasteiger partial charge < -0.3 is 29.3 Å². The van der Waals surface area contributed by atoms with E-state index < -0.39 is 5.60 Å². The van der Waals surface area contributed by atoms with Crippen LogP contribution in [0.5, 0.6) is 11.5 Å². The number of aliphatic imine (C=N–C) groups is 1. The summed E-state index contributed by atoms with van der Waals surface area (Å²) in [6.07, 6.45) is -0.250. The number of halogens is 1. The molecule has 1 aromatic carbocycles. The number of guanidine groups is 1. The van der Waals surface area contributed by atoms with E-state index in [9.17, 15) is 4.79 Å². The van der Waals surface area contributed by atoms with E-state index in [4.69, 9.17) is 14.2 Å². The smallest absolute Gasteiger partial charge is 0.410 e. The van der Waals surface area contributed by atoms with Gasteiger partial charge in [0.15, 0.2) is 17.5 Å². The van der Waals surface area contributed by atoms with Crippen molar-refractivity contribution in [3.63, 3.8) is 0 Å². The fraction of sp³-hybridized carbons (Fsp3) is 0.619. The first-order chi connectivity index (χ1) is 13.8. The Kier molecular flexibility index (Phi) is 8.45. The molecule has 1 amide bonds. The second kappa shape index (κ2) is 10.4. The fourth-order valence-corrected chi connectivity index (χ4v) is 3.50. The van der Waals surface area contributed by atoms with Gasteiger partial charge >= 0.3 is 6.09 Å². The van der Waals surface area contributed by atoms with Gasteiger partial charge in [-0.2, -0.15) is 0 Å². The highest BCUT2D eigenvalue weighted by Gasteiger charge is 2.36. The van der Waals surface area contributed by atoms with Crippen molar-refractivity contribution in [1.82, 2.24) is 15.1 Å². The third-order valence-electron chi connectivity index (χ3n) is 4.84. The molecular formula is C21H33IN4O4. The van der Waals surface area contributed by atoms with Gasteiger partial charge in [0.25, 0.3) is 0 Å². The Morgan fingerprint density at radius 2 is 2.03 bits per heavy atom. The van der Waals surface area contributed by atoms with Gasteiger partial charge in [0.1, 0.15) is 5.60 Å². The average Bonchev–Trinajstić information content (AvgIpc) is 3.08. The third-order valence-corrected chi connectivity index (χ3v) is 4.84. The minimum Gasteiger partial charge on any atom is -0.493 e. The first-order valence-electron chi connectivity index (χ1n) is 10.1. The average molecular weight is 532 g/mol. The maximum Gasteiger partial charge on any atom is 0.410 e. The number of hydrogen-bond donors (Lipinski definition) is 1. The Labute approximate surface area is 196 Å². The van der Waals surface area contributed by atoms with Crippen LogP contribution >= 0.6 is 24.0 Å². The van der Waals surface area contributed by atoms with Crippen LogP contribution in [0.3, 0.4) is 0 Å². The molecule has 1 N–H and O–H groups in total. The fourth-order valence-electron chi connectivity index (χ4n) is 3.50. The summed E-state index contributed by atoms with van der Waals surface area (Å²) in [6, 6.07) is 6.12. The molecule has 1 aromatic rings. The third kappa shape index (κ3) is 6.05. The van der Waals surface area contributed by atoms with Gasteiger partial charge in [-0.05, 0) is 45.4 Å². The molecule has 1 fully saturated rings. The molecule has 168 valence electrons. The highest BCUT2D eigenvalue weighted by molar-refractivity contribution is 14.0. The van der Waals surface area contributed by atoms with Gasteiger partial charge in [0, 0.05) is 26.2 Å². The predicted octanol–water partition coefficient (Wildman–Crippen LogP) is 3.09. The first-order valence-corrected chi connectivity index (χ1v) is 10.1. The second-order valence-corrected chi connectivity index (χ2v) is 8.21. The SMILES string of the molecule is CCOc1ccc(CNC2=NCC3CN(C(=O)OC(C)(C)C)CCN23)cc1OC.I. The Morgan fingerprint density at radius 1 is 1.27 bits per heavy atom. The monoisotopic (exact) mass is 532 g/mol. The maximum atomic E-state index is 12.3. The summed E-state index contributed by atoms with van der Waals surface area (Å²) in [7, 11) is 1.64. The molecule has 2 aliphatic heterocycles. The van der Waals surface area contributed by atoms with Crippen LogP contribution in [0.15, 0.2) is 23.2 Å². The number of benzene rings is 1. The minimum atomic E-state index is -0.480. The van der Waals surface area contributed by atoms with E-state index in [2.05, 4.69) is 15.2 Å². The van der Waals surface area contributed by atoms with E-state index in [1.807, 2.05) is 45.9 Å². The van der Waals surface area contributed by atoms with E-state index in [1.165, 1.54) is 0 Å². The number of piperazine rings is 1. The van der Waals surface area contributed by atoms with Crippen LogP contribution < -0.4 is 14.8 Å². The Morgan fingerprint density at radius 3 is 2.70 bits per heavy atom. The number of amides is 1. The highest BCUT2D eigenvalue weighted by atomic mass is 127. The molecule has 0 aromatic heterocycles. The standard InChI is InChI=1S/C21H32N4O4.HI/c1-6-28-17-8-7-15(11-18(17)27-5)12-22-19-23-13-16-14-24(9-10-25(16)19)20(26)29-21(2,3)4;/h7-8,11,16H,6,9-10,12-14H2,1-5H3,(H,22,23);1H. The van der Waals surface area contributed by atoms with Gasteiger partial charge in [-0.3, -0.25) is 4.99 Å². The summed E-state index contributed by atoms with van der Waals surface area (Å²) >= 11 is 0. The lowest BCUT2D eigenvalue weighted by Crippen LogP contribution is -2.57. The van der Waals surface area contributed by atoms with Crippen LogP contribution in [-0.4, -0.2) is 73.4 Å². The van der Waals surface area contributed by atoms with E-state index in [0.717, 1.165) is 29.6 Å². The van der Waals surface area contributed by atoms with Crippen LogP contribution in [-0.2, 0) is 11.3 Å². The largest absolute Gasteiger partial charge is 0.493 e. The van der Waals surface area contributed by atoms with Crippen LogP contribution in [0.2, 0.25) is 0 Å². The number of fused-ring (bicyclic) bond motifs is 1. The second-order valence-electron chi connectivity index (χ2n) is 8.21. The van der Waals surface area contributed by atoms with Crippen molar-refractivity contribution < 1.29 is 19.0 Å². The van der Waals surface area contributed by atoms with Gasteiger partial charge in [-0.25, -0.2) is 4.79 Å². The first kappa shape index (κ1) is 24.4. The number of hydrogen-bond acceptors (Lipinski definition) is 7. The molecule has 3 rings (SSSR count). The number of rotatable bonds is 5. The molecule has 9 heteroatoms. The normalized spacial score (nSPS) is 18.2. The lowest BCUT2D eigenvalue weighted by molar-refractivity contribution is 0.0137. The van der Waals surface area contributed by atoms with Crippen LogP contribution in [0.25, 0.3) is 0 Å². The molecule has 0 spiro atoms. The zero-order valence-corrected chi connectivity index (χ0v) is 20.8. The Balaban J connectivity index is 0.00000320. The number of carbonyl (C=O) groups is 1. The molecule has 30 heavy (non-hydrogen) atoms. The van der Waals surface area contributed by atoms with E-state index in [1.54, 1.807) is 12.0 Å². The van der Waals surface area contributed by atoms with Crippen molar-refractivity contribution in [1.29, 1.82) is 0 Å². The number of nitrogens with zero attached hydrogens (tertiary/aromatic N) is 3. The Hall–Kier alpha value is -1.91. The molecule has 8 nitrogen and oxygen atoms in total. The molecule has 0 radical (unpaired) electrons. The van der Waals surface area contributed by atoms with Gasteiger partial charge in [0.2, 0.25) is 0 Å². The van der Waals surface area contributed by atoms with E-state index in [0.29, 0.717) is 32.8 Å². The summed E-state index contributed by atoms with van der Waals surface area (Å²) < 4.78 is 16.5. The van der Waals surface area contributed by atoms with Crippen molar-refractivity contribution in [2.75, 3.05) is 39.9 Å². The van der Waals surface area contributed by atoms with Crippen LogP contribution in [0.4, 0.5) is 4.79 Å². The van der Waals surface area contributed by atoms with E-state index in [-0.39, 0.29) is 36.1 Å². The zero-order chi connectivity index (χ0) is 21.0.